The summed E-state index contributed by atoms with van der Waals surface area (Å²) in [6.45, 7) is 3.07. The van der Waals surface area contributed by atoms with E-state index >= 15 is 0 Å². The lowest BCUT2D eigenvalue weighted by molar-refractivity contribution is 0.198. The molecule has 112 valence electrons. The molecule has 1 atom stereocenters. The van der Waals surface area contributed by atoms with E-state index in [2.05, 4.69) is 9.88 Å². The highest BCUT2D eigenvalue weighted by atomic mass is 32.2. The molecule has 3 rings (SSSR count). The maximum Gasteiger partial charge on any atom is 0.211 e. The summed E-state index contributed by atoms with van der Waals surface area (Å²) in [4.78, 5) is 6.45. The quantitative estimate of drug-likeness (QED) is 0.869. The third kappa shape index (κ3) is 3.16. The summed E-state index contributed by atoms with van der Waals surface area (Å²) in [6.07, 6.45) is 1.72. The van der Waals surface area contributed by atoms with E-state index in [4.69, 9.17) is 4.42 Å². The lowest BCUT2D eigenvalue weighted by Gasteiger charge is -2.30. The minimum atomic E-state index is -2.86. The minimum Gasteiger partial charge on any atom is -0.439 e. The molecular formula is C15H18N2O3S. The lowest BCUT2D eigenvalue weighted by Crippen LogP contribution is -2.41. The van der Waals surface area contributed by atoms with E-state index in [-0.39, 0.29) is 17.5 Å². The van der Waals surface area contributed by atoms with Gasteiger partial charge in [0, 0.05) is 18.7 Å². The minimum absolute atomic E-state index is 0.0158. The summed E-state index contributed by atoms with van der Waals surface area (Å²) in [5, 5.41) is 0. The number of aromatic nitrogens is 1. The van der Waals surface area contributed by atoms with E-state index in [0.29, 0.717) is 19.0 Å². The van der Waals surface area contributed by atoms with Gasteiger partial charge in [0.25, 0.3) is 0 Å². The van der Waals surface area contributed by atoms with Gasteiger partial charge in [-0.05, 0) is 6.92 Å². The van der Waals surface area contributed by atoms with E-state index in [1.54, 1.807) is 6.20 Å². The Labute approximate surface area is 124 Å². The van der Waals surface area contributed by atoms with Crippen molar-refractivity contribution >= 4 is 9.84 Å². The van der Waals surface area contributed by atoms with E-state index in [9.17, 15) is 8.42 Å². The van der Waals surface area contributed by atoms with Crippen LogP contribution in [0, 0.1) is 0 Å². The maximum atomic E-state index is 11.5. The van der Waals surface area contributed by atoms with Crippen LogP contribution in [0.3, 0.4) is 0 Å². The zero-order valence-electron chi connectivity index (χ0n) is 11.9. The normalized spacial score (nSPS) is 20.2. The van der Waals surface area contributed by atoms with Crippen LogP contribution in [0.5, 0.6) is 0 Å². The summed E-state index contributed by atoms with van der Waals surface area (Å²) in [7, 11) is -2.86. The highest BCUT2D eigenvalue weighted by Crippen LogP contribution is 2.26. The van der Waals surface area contributed by atoms with Crippen molar-refractivity contribution in [2.45, 2.75) is 13.0 Å². The molecule has 0 amide bonds. The van der Waals surface area contributed by atoms with Crippen LogP contribution in [-0.2, 0) is 9.84 Å². The summed E-state index contributed by atoms with van der Waals surface area (Å²) in [5.41, 5.74) is 0.990. The Bertz CT molecular complexity index is 696. The van der Waals surface area contributed by atoms with Crippen molar-refractivity contribution in [2.24, 2.45) is 0 Å². The van der Waals surface area contributed by atoms with E-state index < -0.39 is 9.84 Å². The standard InChI is InChI=1S/C15H18N2O3S/c1-12(17-7-9-21(18,19)10-8-17)15-16-11-14(20-15)13-5-3-2-4-6-13/h2-6,11-12H,7-10H2,1H3. The van der Waals surface area contributed by atoms with Crippen molar-refractivity contribution < 1.29 is 12.8 Å². The fourth-order valence-electron chi connectivity index (χ4n) is 2.49. The molecule has 1 aliphatic rings. The highest BCUT2D eigenvalue weighted by Gasteiger charge is 2.27. The van der Waals surface area contributed by atoms with Gasteiger partial charge < -0.3 is 4.42 Å². The Kier molecular flexibility index (Phi) is 3.82. The zero-order valence-corrected chi connectivity index (χ0v) is 12.7. The topological polar surface area (TPSA) is 63.4 Å². The van der Waals surface area contributed by atoms with E-state index in [0.717, 1.165) is 11.3 Å². The maximum absolute atomic E-state index is 11.5. The first-order valence-corrected chi connectivity index (χ1v) is 8.83. The van der Waals surface area contributed by atoms with Crippen molar-refractivity contribution in [3.8, 4) is 11.3 Å². The van der Waals surface area contributed by atoms with Gasteiger partial charge in [0.05, 0.1) is 23.7 Å². The average Bonchev–Trinajstić information content (AvgIpc) is 2.97. The van der Waals surface area contributed by atoms with Crippen molar-refractivity contribution in [1.82, 2.24) is 9.88 Å². The summed E-state index contributed by atoms with van der Waals surface area (Å²) in [5.74, 6) is 1.79. The van der Waals surface area contributed by atoms with Crippen LogP contribution in [0.4, 0.5) is 0 Å². The van der Waals surface area contributed by atoms with E-state index in [1.807, 2.05) is 37.3 Å². The summed E-state index contributed by atoms with van der Waals surface area (Å²) < 4.78 is 28.8. The molecule has 5 nitrogen and oxygen atoms in total. The average molecular weight is 306 g/mol. The zero-order chi connectivity index (χ0) is 14.9. The molecule has 1 aromatic carbocycles. The fourth-order valence-corrected chi connectivity index (χ4v) is 3.72. The van der Waals surface area contributed by atoms with Gasteiger partial charge in [0.2, 0.25) is 5.89 Å². The SMILES string of the molecule is CC(c1ncc(-c2ccccc2)o1)N1CCS(=O)(=O)CC1. The second kappa shape index (κ2) is 5.61. The first-order valence-electron chi connectivity index (χ1n) is 7.01. The lowest BCUT2D eigenvalue weighted by atomic mass is 10.2. The van der Waals surface area contributed by atoms with Gasteiger partial charge in [0.15, 0.2) is 15.6 Å². The highest BCUT2D eigenvalue weighted by molar-refractivity contribution is 7.91. The molecule has 6 heteroatoms. The van der Waals surface area contributed by atoms with Crippen molar-refractivity contribution in [3.63, 3.8) is 0 Å². The third-order valence-corrected chi connectivity index (χ3v) is 5.48. The number of benzene rings is 1. The Morgan fingerprint density at radius 2 is 1.86 bits per heavy atom. The van der Waals surface area contributed by atoms with Crippen LogP contribution in [-0.4, -0.2) is 42.9 Å². The van der Waals surface area contributed by atoms with Crippen molar-refractivity contribution in [2.75, 3.05) is 24.6 Å². The molecule has 0 aliphatic carbocycles. The smallest absolute Gasteiger partial charge is 0.211 e. The molecule has 2 aromatic rings. The molecule has 0 spiro atoms. The Hall–Kier alpha value is -1.66. The molecule has 21 heavy (non-hydrogen) atoms. The number of sulfone groups is 1. The second-order valence-electron chi connectivity index (χ2n) is 5.29. The van der Waals surface area contributed by atoms with Gasteiger partial charge >= 0.3 is 0 Å². The molecular weight excluding hydrogens is 288 g/mol. The Balaban J connectivity index is 1.74. The first-order chi connectivity index (χ1) is 10.1. The Morgan fingerprint density at radius 1 is 1.19 bits per heavy atom. The summed E-state index contributed by atoms with van der Waals surface area (Å²) in [6, 6.07) is 9.80. The number of rotatable bonds is 3. The van der Waals surface area contributed by atoms with E-state index in [1.165, 1.54) is 0 Å². The number of hydrogen-bond acceptors (Lipinski definition) is 5. The molecule has 1 aliphatic heterocycles. The fraction of sp³-hybridized carbons (Fsp3) is 0.400. The number of hydrogen-bond donors (Lipinski definition) is 0. The van der Waals surface area contributed by atoms with Crippen LogP contribution >= 0.6 is 0 Å². The summed E-state index contributed by atoms with van der Waals surface area (Å²) >= 11 is 0. The van der Waals surface area contributed by atoms with Crippen LogP contribution in [0.1, 0.15) is 18.9 Å². The van der Waals surface area contributed by atoms with Crippen LogP contribution in [0.2, 0.25) is 0 Å². The largest absolute Gasteiger partial charge is 0.439 e. The van der Waals surface area contributed by atoms with Crippen LogP contribution < -0.4 is 0 Å². The number of nitrogens with zero attached hydrogens (tertiary/aromatic N) is 2. The van der Waals surface area contributed by atoms with Crippen molar-refractivity contribution in [3.05, 3.63) is 42.4 Å². The van der Waals surface area contributed by atoms with Crippen LogP contribution in [0.15, 0.2) is 40.9 Å². The second-order valence-corrected chi connectivity index (χ2v) is 7.60. The van der Waals surface area contributed by atoms with Crippen LogP contribution in [0.25, 0.3) is 11.3 Å². The predicted molar refractivity (Wildman–Crippen MR) is 80.6 cm³/mol. The molecule has 0 N–H and O–H groups in total. The molecule has 0 saturated carbocycles. The molecule has 1 saturated heterocycles. The van der Waals surface area contributed by atoms with Gasteiger partial charge in [-0.15, -0.1) is 0 Å². The van der Waals surface area contributed by atoms with Gasteiger partial charge in [0.1, 0.15) is 0 Å². The van der Waals surface area contributed by atoms with Gasteiger partial charge in [-0.25, -0.2) is 13.4 Å². The number of oxazole rings is 1. The third-order valence-electron chi connectivity index (χ3n) is 3.87. The Morgan fingerprint density at radius 3 is 2.52 bits per heavy atom. The molecule has 1 aromatic heterocycles. The van der Waals surface area contributed by atoms with Gasteiger partial charge in [-0.1, -0.05) is 30.3 Å². The monoisotopic (exact) mass is 306 g/mol. The van der Waals surface area contributed by atoms with Gasteiger partial charge in [-0.3, -0.25) is 4.90 Å². The molecule has 0 bridgehead atoms. The van der Waals surface area contributed by atoms with Crippen molar-refractivity contribution in [1.29, 1.82) is 0 Å². The predicted octanol–water partition coefficient (Wildman–Crippen LogP) is 2.13. The molecule has 1 fully saturated rings. The first kappa shape index (κ1) is 14.3. The molecule has 1 unspecified atom stereocenters. The molecule has 2 heterocycles. The molecule has 0 radical (unpaired) electrons. The van der Waals surface area contributed by atoms with Gasteiger partial charge in [-0.2, -0.15) is 0 Å².